The Hall–Kier alpha value is -1.96. The van der Waals surface area contributed by atoms with Crippen LogP contribution in [0.4, 0.5) is 0 Å². The molecule has 0 saturated carbocycles. The van der Waals surface area contributed by atoms with Crippen molar-refractivity contribution in [2.24, 2.45) is 11.5 Å². The van der Waals surface area contributed by atoms with Crippen molar-refractivity contribution in [1.29, 1.82) is 0 Å². The summed E-state index contributed by atoms with van der Waals surface area (Å²) < 4.78 is 2.85. The molecule has 7 heteroatoms. The smallest absolute Gasteiger partial charge is 0.237 e. The van der Waals surface area contributed by atoms with Crippen molar-refractivity contribution in [2.45, 2.75) is 50.7 Å². The highest BCUT2D eigenvalue weighted by molar-refractivity contribution is 7.71. The molecule has 0 fully saturated rings. The third kappa shape index (κ3) is 4.23. The molecule has 6 N–H and O–H groups in total. The first-order valence-electron chi connectivity index (χ1n) is 9.19. The topological polar surface area (TPSA) is 102 Å². The summed E-state index contributed by atoms with van der Waals surface area (Å²) in [5, 5.41) is 2.93. The van der Waals surface area contributed by atoms with Crippen molar-refractivity contribution in [1.82, 2.24) is 14.9 Å². The highest BCUT2D eigenvalue weighted by atomic mass is 32.1. The van der Waals surface area contributed by atoms with Crippen LogP contribution in [0.2, 0.25) is 0 Å². The molecule has 0 saturated heterocycles. The number of benzene rings is 1. The van der Waals surface area contributed by atoms with E-state index in [1.54, 1.807) is 0 Å². The second kappa shape index (κ2) is 8.62. The van der Waals surface area contributed by atoms with Gasteiger partial charge in [0.25, 0.3) is 0 Å². The first-order chi connectivity index (χ1) is 12.6. The Kier molecular flexibility index (Phi) is 6.24. The lowest BCUT2D eigenvalue weighted by Gasteiger charge is -2.27. The van der Waals surface area contributed by atoms with Gasteiger partial charge in [-0.05, 0) is 62.0 Å². The van der Waals surface area contributed by atoms with Crippen molar-refractivity contribution in [3.8, 4) is 0 Å². The van der Waals surface area contributed by atoms with Gasteiger partial charge in [-0.2, -0.15) is 0 Å². The van der Waals surface area contributed by atoms with E-state index in [0.717, 1.165) is 31.4 Å². The lowest BCUT2D eigenvalue weighted by Crippen LogP contribution is -2.40. The molecule has 6 nitrogen and oxygen atoms in total. The predicted molar refractivity (Wildman–Crippen MR) is 105 cm³/mol. The lowest BCUT2D eigenvalue weighted by atomic mass is 9.88. The van der Waals surface area contributed by atoms with Gasteiger partial charge in [-0.15, -0.1) is 0 Å². The molecular formula is C19H27N5OS. The Bertz CT molecular complexity index is 812. The molecule has 1 aliphatic carbocycles. The zero-order valence-corrected chi connectivity index (χ0v) is 15.7. The van der Waals surface area contributed by atoms with E-state index < -0.39 is 6.04 Å². The summed E-state index contributed by atoms with van der Waals surface area (Å²) in [7, 11) is 0. The number of nitrogens with two attached hydrogens (primary N) is 2. The van der Waals surface area contributed by atoms with E-state index in [-0.39, 0.29) is 5.91 Å². The van der Waals surface area contributed by atoms with Crippen molar-refractivity contribution in [2.75, 3.05) is 6.54 Å². The monoisotopic (exact) mass is 373 g/mol. The second-order valence-corrected chi connectivity index (χ2v) is 7.26. The van der Waals surface area contributed by atoms with Crippen molar-refractivity contribution in [3.63, 3.8) is 0 Å². The number of hydrogen-bond donors (Lipinski definition) is 4. The van der Waals surface area contributed by atoms with E-state index in [0.29, 0.717) is 30.3 Å². The Balaban J connectivity index is 1.68. The third-order valence-corrected chi connectivity index (χ3v) is 5.39. The number of fused-ring (bicyclic) bond motifs is 1. The SMILES string of the molecule is NCCC[C@H](N)C(=O)NCc1c[nH]c(=S)n1C1CCc2ccccc2C1. The Morgan fingerprint density at radius 3 is 2.92 bits per heavy atom. The van der Waals surface area contributed by atoms with Gasteiger partial charge in [-0.25, -0.2) is 0 Å². The third-order valence-electron chi connectivity index (χ3n) is 5.08. The molecule has 1 aromatic carbocycles. The fourth-order valence-electron chi connectivity index (χ4n) is 3.63. The lowest BCUT2D eigenvalue weighted by molar-refractivity contribution is -0.122. The average Bonchev–Trinajstić information content (AvgIpc) is 3.04. The van der Waals surface area contributed by atoms with E-state index in [2.05, 4.69) is 39.1 Å². The molecule has 2 atom stereocenters. The maximum atomic E-state index is 12.2. The number of hydrogen-bond acceptors (Lipinski definition) is 4. The number of carbonyl (C=O) groups excluding carboxylic acids is 1. The molecule has 1 aromatic heterocycles. The molecule has 0 spiro atoms. The molecule has 0 radical (unpaired) electrons. The minimum atomic E-state index is -0.518. The van der Waals surface area contributed by atoms with Crippen LogP contribution in [-0.4, -0.2) is 28.0 Å². The minimum absolute atomic E-state index is 0.147. The molecule has 140 valence electrons. The summed E-state index contributed by atoms with van der Waals surface area (Å²) >= 11 is 5.50. The molecule has 3 rings (SSSR count). The highest BCUT2D eigenvalue weighted by Crippen LogP contribution is 2.30. The van der Waals surface area contributed by atoms with Gasteiger partial charge >= 0.3 is 0 Å². The number of amides is 1. The first-order valence-corrected chi connectivity index (χ1v) is 9.60. The van der Waals surface area contributed by atoms with Crippen molar-refractivity contribution in [3.05, 3.63) is 52.1 Å². The summed E-state index contributed by atoms with van der Waals surface area (Å²) in [4.78, 5) is 15.3. The Labute approximate surface area is 159 Å². The van der Waals surface area contributed by atoms with Crippen LogP contribution in [0.1, 0.15) is 42.1 Å². The summed E-state index contributed by atoms with van der Waals surface area (Å²) in [6.45, 7) is 0.960. The highest BCUT2D eigenvalue weighted by Gasteiger charge is 2.22. The first kappa shape index (κ1) is 18.8. The zero-order valence-electron chi connectivity index (χ0n) is 14.9. The Morgan fingerprint density at radius 2 is 2.15 bits per heavy atom. The van der Waals surface area contributed by atoms with E-state index in [1.165, 1.54) is 11.1 Å². The van der Waals surface area contributed by atoms with Gasteiger partial charge in [-0.3, -0.25) is 4.79 Å². The molecular weight excluding hydrogens is 346 g/mol. The van der Waals surface area contributed by atoms with Gasteiger partial charge < -0.3 is 26.3 Å². The predicted octanol–water partition coefficient (Wildman–Crippen LogP) is 1.96. The summed E-state index contributed by atoms with van der Waals surface area (Å²) in [5.41, 5.74) is 15.2. The van der Waals surface area contributed by atoms with Crippen LogP contribution in [0, 0.1) is 4.77 Å². The van der Waals surface area contributed by atoms with Gasteiger partial charge in [0, 0.05) is 12.2 Å². The Morgan fingerprint density at radius 1 is 1.38 bits per heavy atom. The van der Waals surface area contributed by atoms with Gasteiger partial charge in [0.2, 0.25) is 5.91 Å². The minimum Gasteiger partial charge on any atom is -0.349 e. The maximum absolute atomic E-state index is 12.2. The van der Waals surface area contributed by atoms with Gasteiger partial charge in [0.1, 0.15) is 0 Å². The van der Waals surface area contributed by atoms with Gasteiger partial charge in [0.05, 0.1) is 18.3 Å². The molecule has 1 amide bonds. The fourth-order valence-corrected chi connectivity index (χ4v) is 3.95. The average molecular weight is 374 g/mol. The quantitative estimate of drug-likeness (QED) is 0.557. The number of carbonyl (C=O) groups is 1. The number of nitrogens with one attached hydrogen (secondary N) is 2. The zero-order chi connectivity index (χ0) is 18.5. The van der Waals surface area contributed by atoms with Crippen LogP contribution < -0.4 is 16.8 Å². The van der Waals surface area contributed by atoms with Crippen LogP contribution in [0.25, 0.3) is 0 Å². The molecule has 1 heterocycles. The number of aromatic amines is 1. The molecule has 1 aliphatic rings. The standard InChI is InChI=1S/C19H27N5OS/c20-9-3-6-17(21)18(25)22-11-16-12-23-19(26)24(16)15-8-7-13-4-1-2-5-14(13)10-15/h1-2,4-5,12,15,17H,3,6-11,20-21H2,(H,22,25)(H,23,26)/t15?,17-/m0/s1. The second-order valence-electron chi connectivity index (χ2n) is 6.88. The van der Waals surface area contributed by atoms with E-state index in [4.69, 9.17) is 23.7 Å². The largest absolute Gasteiger partial charge is 0.349 e. The molecule has 26 heavy (non-hydrogen) atoms. The van der Waals surface area contributed by atoms with Crippen LogP contribution in [0.15, 0.2) is 30.5 Å². The molecule has 2 aromatic rings. The van der Waals surface area contributed by atoms with Crippen molar-refractivity contribution < 1.29 is 4.79 Å². The molecule has 0 bridgehead atoms. The van der Waals surface area contributed by atoms with Gasteiger partial charge in [0.15, 0.2) is 4.77 Å². The van der Waals surface area contributed by atoms with Gasteiger partial charge in [-0.1, -0.05) is 24.3 Å². The maximum Gasteiger partial charge on any atom is 0.237 e. The number of nitrogens with zero attached hydrogens (tertiary/aromatic N) is 1. The summed E-state index contributed by atoms with van der Waals surface area (Å²) in [6.07, 6.45) is 6.27. The van der Waals surface area contributed by atoms with E-state index in [9.17, 15) is 4.79 Å². The van der Waals surface area contributed by atoms with Crippen LogP contribution in [-0.2, 0) is 24.2 Å². The molecule has 0 aliphatic heterocycles. The number of aromatic nitrogens is 2. The number of aryl methyl sites for hydroxylation is 1. The summed E-state index contributed by atoms with van der Waals surface area (Å²) in [5.74, 6) is -0.147. The van der Waals surface area contributed by atoms with Crippen molar-refractivity contribution >= 4 is 18.1 Å². The number of rotatable bonds is 7. The van der Waals surface area contributed by atoms with Crippen LogP contribution in [0.3, 0.4) is 0 Å². The molecule has 1 unspecified atom stereocenters. The summed E-state index contributed by atoms with van der Waals surface area (Å²) in [6, 6.07) is 8.36. The fraction of sp³-hybridized carbons (Fsp3) is 0.474. The van der Waals surface area contributed by atoms with E-state index in [1.807, 2.05) is 6.20 Å². The van der Waals surface area contributed by atoms with Crippen LogP contribution >= 0.6 is 12.2 Å². The van der Waals surface area contributed by atoms with E-state index >= 15 is 0 Å². The number of H-pyrrole nitrogens is 1. The normalized spacial score (nSPS) is 17.5. The number of imidazole rings is 1. The van der Waals surface area contributed by atoms with Crippen LogP contribution in [0.5, 0.6) is 0 Å².